The van der Waals surface area contributed by atoms with E-state index in [9.17, 15) is 5.11 Å². The lowest BCUT2D eigenvalue weighted by Crippen LogP contribution is -2.38. The zero-order chi connectivity index (χ0) is 12.5. The number of aromatic nitrogens is 1. The number of hydrogen-bond donors (Lipinski definition) is 2. The van der Waals surface area contributed by atoms with Crippen molar-refractivity contribution in [3.8, 4) is 0 Å². The van der Waals surface area contributed by atoms with Crippen molar-refractivity contribution in [2.45, 2.75) is 26.5 Å². The molecule has 17 heavy (non-hydrogen) atoms. The minimum atomic E-state index is -0.309. The Balaban J connectivity index is 2.18. The van der Waals surface area contributed by atoms with Gasteiger partial charge in [0.25, 0.3) is 0 Å². The first-order valence-electron chi connectivity index (χ1n) is 6.26. The second-order valence-corrected chi connectivity index (χ2v) is 4.13. The molecular weight excluding hydrogens is 214 g/mol. The topological polar surface area (TPSA) is 48.4 Å². The molecule has 4 heteroatoms. The van der Waals surface area contributed by atoms with Crippen LogP contribution < -0.4 is 5.32 Å². The second-order valence-electron chi connectivity index (χ2n) is 4.13. The summed E-state index contributed by atoms with van der Waals surface area (Å²) in [6.45, 7) is 8.32. The molecule has 1 heterocycles. The lowest BCUT2D eigenvalue weighted by Gasteiger charge is -2.22. The van der Waals surface area contributed by atoms with Crippen molar-refractivity contribution in [2.75, 3.05) is 26.2 Å². The van der Waals surface area contributed by atoms with E-state index in [0.717, 1.165) is 26.2 Å². The average Bonchev–Trinajstić information content (AvgIpc) is 2.37. The molecule has 0 fully saturated rings. The van der Waals surface area contributed by atoms with Crippen LogP contribution in [0.1, 0.15) is 19.4 Å². The standard InChI is InChI=1S/C13H23N3O/c1-3-16(4-2)11-13(17)10-15-9-12-5-7-14-8-6-12/h5-8,13,15,17H,3-4,9-11H2,1-2H3. The number of nitrogens with one attached hydrogen (secondary N) is 1. The number of aliphatic hydroxyl groups excluding tert-OH is 1. The molecule has 1 aromatic heterocycles. The summed E-state index contributed by atoms with van der Waals surface area (Å²) in [5, 5.41) is 13.1. The summed E-state index contributed by atoms with van der Waals surface area (Å²) in [5.41, 5.74) is 1.19. The van der Waals surface area contributed by atoms with Crippen molar-refractivity contribution in [1.82, 2.24) is 15.2 Å². The SMILES string of the molecule is CCN(CC)CC(O)CNCc1ccncc1. The predicted molar refractivity (Wildman–Crippen MR) is 69.7 cm³/mol. The fourth-order valence-corrected chi connectivity index (χ4v) is 1.73. The first-order chi connectivity index (χ1) is 8.26. The van der Waals surface area contributed by atoms with Crippen LogP contribution in [0.4, 0.5) is 0 Å². The van der Waals surface area contributed by atoms with Crippen LogP contribution in [0.2, 0.25) is 0 Å². The highest BCUT2D eigenvalue weighted by molar-refractivity contribution is 5.08. The van der Waals surface area contributed by atoms with Gasteiger partial charge in [-0.3, -0.25) is 4.98 Å². The maximum absolute atomic E-state index is 9.84. The summed E-state index contributed by atoms with van der Waals surface area (Å²) in [5.74, 6) is 0. The maximum Gasteiger partial charge on any atom is 0.0791 e. The molecule has 1 atom stereocenters. The van der Waals surface area contributed by atoms with Gasteiger partial charge in [-0.25, -0.2) is 0 Å². The van der Waals surface area contributed by atoms with E-state index >= 15 is 0 Å². The summed E-state index contributed by atoms with van der Waals surface area (Å²) in [4.78, 5) is 6.19. The van der Waals surface area contributed by atoms with Gasteiger partial charge in [-0.1, -0.05) is 13.8 Å². The Bertz CT molecular complexity index is 288. The summed E-state index contributed by atoms with van der Waals surface area (Å²) in [6, 6.07) is 3.95. The van der Waals surface area contributed by atoms with Crippen molar-refractivity contribution in [3.63, 3.8) is 0 Å². The monoisotopic (exact) mass is 237 g/mol. The van der Waals surface area contributed by atoms with Gasteiger partial charge in [-0.2, -0.15) is 0 Å². The molecule has 0 amide bonds. The van der Waals surface area contributed by atoms with Gasteiger partial charge >= 0.3 is 0 Å². The zero-order valence-electron chi connectivity index (χ0n) is 10.8. The molecule has 0 spiro atoms. The molecule has 0 bridgehead atoms. The fraction of sp³-hybridized carbons (Fsp3) is 0.615. The highest BCUT2D eigenvalue weighted by atomic mass is 16.3. The molecule has 0 saturated heterocycles. The molecule has 96 valence electrons. The number of likely N-dealkylation sites (N-methyl/N-ethyl adjacent to an activating group) is 1. The highest BCUT2D eigenvalue weighted by Crippen LogP contribution is 1.96. The van der Waals surface area contributed by atoms with Crippen LogP contribution in [-0.4, -0.2) is 47.3 Å². The maximum atomic E-state index is 9.84. The molecule has 0 aromatic carbocycles. The van der Waals surface area contributed by atoms with Crippen LogP contribution >= 0.6 is 0 Å². The van der Waals surface area contributed by atoms with E-state index < -0.39 is 0 Å². The van der Waals surface area contributed by atoms with Gasteiger partial charge in [0.2, 0.25) is 0 Å². The Labute approximate surface area is 104 Å². The van der Waals surface area contributed by atoms with Crippen LogP contribution in [0, 0.1) is 0 Å². The number of pyridine rings is 1. The van der Waals surface area contributed by atoms with Crippen LogP contribution in [0.3, 0.4) is 0 Å². The average molecular weight is 237 g/mol. The van der Waals surface area contributed by atoms with Crippen LogP contribution in [0.15, 0.2) is 24.5 Å². The number of nitrogens with zero attached hydrogens (tertiary/aromatic N) is 2. The number of rotatable bonds is 8. The van der Waals surface area contributed by atoms with E-state index in [2.05, 4.69) is 29.0 Å². The zero-order valence-corrected chi connectivity index (χ0v) is 10.8. The Morgan fingerprint density at radius 2 is 1.94 bits per heavy atom. The quantitative estimate of drug-likeness (QED) is 0.704. The Kier molecular flexibility index (Phi) is 6.77. The van der Waals surface area contributed by atoms with E-state index in [1.165, 1.54) is 5.56 Å². The third-order valence-corrected chi connectivity index (χ3v) is 2.82. The van der Waals surface area contributed by atoms with E-state index in [1.54, 1.807) is 12.4 Å². The lowest BCUT2D eigenvalue weighted by atomic mass is 10.2. The van der Waals surface area contributed by atoms with E-state index in [0.29, 0.717) is 6.54 Å². The molecule has 4 nitrogen and oxygen atoms in total. The van der Waals surface area contributed by atoms with Crippen molar-refractivity contribution in [2.24, 2.45) is 0 Å². The van der Waals surface area contributed by atoms with E-state index in [1.807, 2.05) is 12.1 Å². The van der Waals surface area contributed by atoms with Crippen LogP contribution in [0.25, 0.3) is 0 Å². The molecule has 1 rings (SSSR count). The molecule has 1 aromatic rings. The Hall–Kier alpha value is -0.970. The summed E-state index contributed by atoms with van der Waals surface area (Å²) in [6.07, 6.45) is 3.25. The van der Waals surface area contributed by atoms with Crippen molar-refractivity contribution < 1.29 is 5.11 Å². The van der Waals surface area contributed by atoms with Gasteiger partial charge < -0.3 is 15.3 Å². The lowest BCUT2D eigenvalue weighted by molar-refractivity contribution is 0.116. The van der Waals surface area contributed by atoms with Gasteiger partial charge in [0.1, 0.15) is 0 Å². The normalized spacial score (nSPS) is 12.9. The van der Waals surface area contributed by atoms with Crippen molar-refractivity contribution >= 4 is 0 Å². The molecule has 0 radical (unpaired) electrons. The summed E-state index contributed by atoms with van der Waals surface area (Å²) in [7, 11) is 0. The molecular formula is C13H23N3O. The Morgan fingerprint density at radius 3 is 2.53 bits per heavy atom. The van der Waals surface area contributed by atoms with Gasteiger partial charge in [0.15, 0.2) is 0 Å². The van der Waals surface area contributed by atoms with Crippen molar-refractivity contribution in [1.29, 1.82) is 0 Å². The van der Waals surface area contributed by atoms with Crippen LogP contribution in [0.5, 0.6) is 0 Å². The van der Waals surface area contributed by atoms with Gasteiger partial charge in [-0.15, -0.1) is 0 Å². The van der Waals surface area contributed by atoms with E-state index in [-0.39, 0.29) is 6.10 Å². The second kappa shape index (κ2) is 8.17. The molecule has 1 unspecified atom stereocenters. The third-order valence-electron chi connectivity index (χ3n) is 2.82. The number of aliphatic hydroxyl groups is 1. The van der Waals surface area contributed by atoms with Gasteiger partial charge in [-0.05, 0) is 30.8 Å². The first-order valence-corrected chi connectivity index (χ1v) is 6.26. The predicted octanol–water partition coefficient (Wildman–Crippen LogP) is 0.874. The Morgan fingerprint density at radius 1 is 1.29 bits per heavy atom. The first kappa shape index (κ1) is 14.1. The smallest absolute Gasteiger partial charge is 0.0791 e. The highest BCUT2D eigenvalue weighted by Gasteiger charge is 2.07. The summed E-state index contributed by atoms with van der Waals surface area (Å²) < 4.78 is 0. The summed E-state index contributed by atoms with van der Waals surface area (Å²) >= 11 is 0. The number of hydrogen-bond acceptors (Lipinski definition) is 4. The molecule has 0 aliphatic carbocycles. The van der Waals surface area contributed by atoms with Gasteiger partial charge in [0, 0.05) is 32.0 Å². The minimum Gasteiger partial charge on any atom is -0.390 e. The minimum absolute atomic E-state index is 0.309. The largest absolute Gasteiger partial charge is 0.390 e. The van der Waals surface area contributed by atoms with Gasteiger partial charge in [0.05, 0.1) is 6.10 Å². The fourth-order valence-electron chi connectivity index (χ4n) is 1.73. The molecule has 2 N–H and O–H groups in total. The van der Waals surface area contributed by atoms with E-state index in [4.69, 9.17) is 0 Å². The molecule has 0 aliphatic heterocycles. The molecule has 0 aliphatic rings. The molecule has 0 saturated carbocycles. The third kappa shape index (κ3) is 5.77. The van der Waals surface area contributed by atoms with Crippen molar-refractivity contribution in [3.05, 3.63) is 30.1 Å². The van der Waals surface area contributed by atoms with Crippen LogP contribution in [-0.2, 0) is 6.54 Å².